The Hall–Kier alpha value is -1.44. The zero-order valence-electron chi connectivity index (χ0n) is 10.8. The van der Waals surface area contributed by atoms with Crippen LogP contribution >= 0.6 is 0 Å². The molecule has 18 heavy (non-hydrogen) atoms. The number of nitrogens with one attached hydrogen (secondary N) is 2. The topological polar surface area (TPSA) is 105 Å². The van der Waals surface area contributed by atoms with Crippen molar-refractivity contribution in [2.24, 2.45) is 5.84 Å². The van der Waals surface area contributed by atoms with Crippen LogP contribution in [0.4, 0.5) is 11.6 Å². The maximum atomic E-state index is 8.58. The van der Waals surface area contributed by atoms with Crippen molar-refractivity contribution in [2.75, 3.05) is 37.1 Å². The van der Waals surface area contributed by atoms with Crippen LogP contribution in [0.5, 0.6) is 0 Å². The van der Waals surface area contributed by atoms with E-state index in [1.165, 1.54) is 6.33 Å². The molecule has 0 saturated heterocycles. The maximum absolute atomic E-state index is 8.58. The Bertz CT molecular complexity index is 359. The fraction of sp³-hybridized carbons (Fsp3) is 0.636. The number of hydrazine groups is 1. The predicted octanol–water partition coefficient (Wildman–Crippen LogP) is 0.306. The standard InChI is InChI=1S/C11H21N5O2/c1-8(2)9-10(13-3-5-18-6-4-17)14-7-15-11(9)16-12/h7-8,17H,3-6,12H2,1-2H3,(H2,13,14,15,16). The van der Waals surface area contributed by atoms with E-state index in [0.29, 0.717) is 25.6 Å². The quantitative estimate of drug-likeness (QED) is 0.301. The molecule has 0 aliphatic carbocycles. The maximum Gasteiger partial charge on any atom is 0.148 e. The number of nitrogens with zero attached hydrogens (tertiary/aromatic N) is 2. The summed E-state index contributed by atoms with van der Waals surface area (Å²) in [6, 6.07) is 0. The molecule has 0 amide bonds. The Kier molecular flexibility index (Phi) is 6.34. The van der Waals surface area contributed by atoms with E-state index in [-0.39, 0.29) is 12.5 Å². The second kappa shape index (κ2) is 7.80. The third kappa shape index (κ3) is 4.10. The van der Waals surface area contributed by atoms with Crippen molar-refractivity contribution >= 4 is 11.6 Å². The Morgan fingerprint density at radius 3 is 2.67 bits per heavy atom. The summed E-state index contributed by atoms with van der Waals surface area (Å²) < 4.78 is 5.17. The van der Waals surface area contributed by atoms with Gasteiger partial charge in [-0.3, -0.25) is 0 Å². The molecule has 0 unspecified atom stereocenters. The highest BCUT2D eigenvalue weighted by molar-refractivity contribution is 5.58. The lowest BCUT2D eigenvalue weighted by atomic mass is 10.0. The van der Waals surface area contributed by atoms with Gasteiger partial charge >= 0.3 is 0 Å². The van der Waals surface area contributed by atoms with Crippen LogP contribution in [0.3, 0.4) is 0 Å². The molecule has 1 rings (SSSR count). The number of anilines is 2. The molecular weight excluding hydrogens is 234 g/mol. The van der Waals surface area contributed by atoms with Crippen LogP contribution in [0.1, 0.15) is 25.3 Å². The summed E-state index contributed by atoms with van der Waals surface area (Å²) in [5.41, 5.74) is 3.52. The minimum absolute atomic E-state index is 0.0337. The number of aromatic nitrogens is 2. The van der Waals surface area contributed by atoms with E-state index in [1.807, 2.05) is 13.8 Å². The molecule has 5 N–H and O–H groups in total. The number of aliphatic hydroxyl groups excluding tert-OH is 1. The molecule has 1 aromatic heterocycles. The van der Waals surface area contributed by atoms with Crippen LogP contribution in [0, 0.1) is 0 Å². The Balaban J connectivity index is 2.64. The van der Waals surface area contributed by atoms with E-state index < -0.39 is 0 Å². The van der Waals surface area contributed by atoms with Crippen molar-refractivity contribution in [3.63, 3.8) is 0 Å². The molecule has 0 aromatic carbocycles. The van der Waals surface area contributed by atoms with Crippen LogP contribution in [0.25, 0.3) is 0 Å². The Morgan fingerprint density at radius 1 is 1.33 bits per heavy atom. The van der Waals surface area contributed by atoms with Gasteiger partial charge in [-0.25, -0.2) is 15.8 Å². The average Bonchev–Trinajstić information content (AvgIpc) is 2.37. The molecule has 0 aliphatic heterocycles. The van der Waals surface area contributed by atoms with E-state index in [2.05, 4.69) is 20.7 Å². The Morgan fingerprint density at radius 2 is 2.06 bits per heavy atom. The molecule has 0 radical (unpaired) electrons. The van der Waals surface area contributed by atoms with Crippen LogP contribution in [0.2, 0.25) is 0 Å². The van der Waals surface area contributed by atoms with E-state index in [0.717, 1.165) is 11.4 Å². The van der Waals surface area contributed by atoms with Gasteiger partial charge in [-0.15, -0.1) is 0 Å². The second-order valence-corrected chi connectivity index (χ2v) is 4.05. The molecule has 7 nitrogen and oxygen atoms in total. The molecule has 1 heterocycles. The van der Waals surface area contributed by atoms with Crippen LogP contribution < -0.4 is 16.6 Å². The van der Waals surface area contributed by atoms with Gasteiger partial charge in [0.2, 0.25) is 0 Å². The minimum atomic E-state index is 0.0337. The van der Waals surface area contributed by atoms with E-state index in [9.17, 15) is 0 Å². The lowest BCUT2D eigenvalue weighted by Gasteiger charge is -2.16. The molecule has 0 spiro atoms. The molecular formula is C11H21N5O2. The summed E-state index contributed by atoms with van der Waals surface area (Å²) in [6.45, 7) is 5.60. The third-order valence-corrected chi connectivity index (χ3v) is 2.37. The highest BCUT2D eigenvalue weighted by atomic mass is 16.5. The number of nitrogens with two attached hydrogens (primary N) is 1. The van der Waals surface area contributed by atoms with Crippen molar-refractivity contribution in [3.05, 3.63) is 11.9 Å². The van der Waals surface area contributed by atoms with Crippen molar-refractivity contribution in [2.45, 2.75) is 19.8 Å². The van der Waals surface area contributed by atoms with Gasteiger partial charge in [0.1, 0.15) is 18.0 Å². The van der Waals surface area contributed by atoms with E-state index in [1.54, 1.807) is 0 Å². The van der Waals surface area contributed by atoms with Gasteiger partial charge in [-0.05, 0) is 5.92 Å². The second-order valence-electron chi connectivity index (χ2n) is 4.05. The Labute approximate surface area is 107 Å². The van der Waals surface area contributed by atoms with Crippen LogP contribution in [-0.4, -0.2) is 41.4 Å². The van der Waals surface area contributed by atoms with Gasteiger partial charge in [0, 0.05) is 12.1 Å². The van der Waals surface area contributed by atoms with Crippen LogP contribution in [-0.2, 0) is 4.74 Å². The molecule has 0 fully saturated rings. The van der Waals surface area contributed by atoms with Crippen LogP contribution in [0.15, 0.2) is 6.33 Å². The molecule has 7 heteroatoms. The molecule has 0 aliphatic rings. The predicted molar refractivity (Wildman–Crippen MR) is 70.3 cm³/mol. The normalized spacial score (nSPS) is 10.7. The van der Waals surface area contributed by atoms with Gasteiger partial charge in [-0.2, -0.15) is 0 Å². The smallest absolute Gasteiger partial charge is 0.148 e. The van der Waals surface area contributed by atoms with Gasteiger partial charge in [0.15, 0.2) is 0 Å². The zero-order valence-corrected chi connectivity index (χ0v) is 10.8. The first-order chi connectivity index (χ1) is 8.70. The van der Waals surface area contributed by atoms with Gasteiger partial charge in [0.05, 0.1) is 19.8 Å². The molecule has 102 valence electrons. The summed E-state index contributed by atoms with van der Waals surface area (Å²) in [7, 11) is 0. The SMILES string of the molecule is CC(C)c1c(NN)ncnc1NCCOCCO. The molecule has 0 bridgehead atoms. The largest absolute Gasteiger partial charge is 0.394 e. The van der Waals surface area contributed by atoms with Crippen molar-refractivity contribution in [1.29, 1.82) is 0 Å². The fourth-order valence-electron chi connectivity index (χ4n) is 1.61. The lowest BCUT2D eigenvalue weighted by Crippen LogP contribution is -2.17. The number of hydrogen-bond acceptors (Lipinski definition) is 7. The van der Waals surface area contributed by atoms with E-state index in [4.69, 9.17) is 15.7 Å². The number of aliphatic hydroxyl groups is 1. The van der Waals surface area contributed by atoms with Gasteiger partial charge in [-0.1, -0.05) is 13.8 Å². The van der Waals surface area contributed by atoms with Gasteiger partial charge < -0.3 is 20.6 Å². The van der Waals surface area contributed by atoms with Gasteiger partial charge in [0.25, 0.3) is 0 Å². The van der Waals surface area contributed by atoms with E-state index >= 15 is 0 Å². The monoisotopic (exact) mass is 255 g/mol. The minimum Gasteiger partial charge on any atom is -0.394 e. The summed E-state index contributed by atoms with van der Waals surface area (Å²) in [5.74, 6) is 7.05. The first kappa shape index (κ1) is 14.6. The number of rotatable bonds is 8. The summed E-state index contributed by atoms with van der Waals surface area (Å²) in [6.07, 6.45) is 1.46. The third-order valence-electron chi connectivity index (χ3n) is 2.37. The van der Waals surface area contributed by atoms with Crippen molar-refractivity contribution in [3.8, 4) is 0 Å². The summed E-state index contributed by atoms with van der Waals surface area (Å²) >= 11 is 0. The first-order valence-corrected chi connectivity index (χ1v) is 5.94. The average molecular weight is 255 g/mol. The number of ether oxygens (including phenoxy) is 1. The molecule has 1 aromatic rings. The summed E-state index contributed by atoms with van der Waals surface area (Å²) in [5, 5.41) is 11.8. The summed E-state index contributed by atoms with van der Waals surface area (Å²) in [4.78, 5) is 8.29. The molecule has 0 saturated carbocycles. The number of hydrogen-bond donors (Lipinski definition) is 4. The highest BCUT2D eigenvalue weighted by Crippen LogP contribution is 2.27. The lowest BCUT2D eigenvalue weighted by molar-refractivity contribution is 0.0992. The first-order valence-electron chi connectivity index (χ1n) is 5.94. The highest BCUT2D eigenvalue weighted by Gasteiger charge is 2.13. The number of nitrogen functional groups attached to an aromatic ring is 1. The fourth-order valence-corrected chi connectivity index (χ4v) is 1.61. The van der Waals surface area contributed by atoms with Crippen molar-refractivity contribution < 1.29 is 9.84 Å². The van der Waals surface area contributed by atoms with Crippen molar-refractivity contribution in [1.82, 2.24) is 9.97 Å². The molecule has 0 atom stereocenters. The zero-order chi connectivity index (χ0) is 13.4.